The topological polar surface area (TPSA) is 108 Å². The number of benzene rings is 2. The highest BCUT2D eigenvalue weighted by Crippen LogP contribution is 2.42. The van der Waals surface area contributed by atoms with Crippen molar-refractivity contribution in [2.75, 3.05) is 26.4 Å². The van der Waals surface area contributed by atoms with Crippen LogP contribution in [0.1, 0.15) is 28.4 Å². The van der Waals surface area contributed by atoms with Gasteiger partial charge in [0.05, 0.1) is 17.1 Å². The van der Waals surface area contributed by atoms with Crippen LogP contribution >= 0.6 is 0 Å². The average molecular weight is 393 g/mol. The minimum Gasteiger partial charge on any atom is -0.493 e. The summed E-state index contributed by atoms with van der Waals surface area (Å²) in [6.07, 6.45) is -0.814. The molecule has 1 amide bonds. The summed E-state index contributed by atoms with van der Waals surface area (Å²) in [7, 11) is 3.03. The summed E-state index contributed by atoms with van der Waals surface area (Å²) in [6.45, 7) is 0.0974. The lowest BCUT2D eigenvalue weighted by Gasteiger charge is -2.27. The Morgan fingerprint density at radius 1 is 1.32 bits per heavy atom. The summed E-state index contributed by atoms with van der Waals surface area (Å²) in [5.41, 5.74) is 5.00. The molecule has 0 saturated heterocycles. The molecule has 2 aromatic carbocycles. The molecule has 148 valence electrons. The second-order valence-electron chi connectivity index (χ2n) is 6.41. The van der Waals surface area contributed by atoms with E-state index in [2.05, 4.69) is 0 Å². The lowest BCUT2D eigenvalue weighted by Crippen LogP contribution is -2.23. The molecule has 3 rings (SSSR count). The van der Waals surface area contributed by atoms with E-state index in [0.717, 1.165) is 6.07 Å². The molecule has 1 aliphatic rings. The number of rotatable bonds is 4. The number of nitrogens with two attached hydrogens (primary N) is 1. The van der Waals surface area contributed by atoms with Gasteiger partial charge in [0.15, 0.2) is 0 Å². The van der Waals surface area contributed by atoms with Gasteiger partial charge in [0, 0.05) is 44.3 Å². The smallest absolute Gasteiger partial charge is 0.333 e. The Balaban J connectivity index is 2.08. The van der Waals surface area contributed by atoms with Crippen LogP contribution in [0, 0.1) is 21.7 Å². The first-order chi connectivity index (χ1) is 13.2. The van der Waals surface area contributed by atoms with E-state index in [1.165, 1.54) is 31.1 Å². The second-order valence-corrected chi connectivity index (χ2v) is 6.41. The van der Waals surface area contributed by atoms with Crippen LogP contribution < -0.4 is 15.2 Å². The number of fused-ring (bicyclic) bond motifs is 1. The zero-order valence-electron chi connectivity index (χ0n) is 15.1. The summed E-state index contributed by atoms with van der Waals surface area (Å²) in [5, 5.41) is 11.5. The molecule has 0 spiro atoms. The van der Waals surface area contributed by atoms with Crippen LogP contribution in [0.5, 0.6) is 11.5 Å². The van der Waals surface area contributed by atoms with Crippen molar-refractivity contribution in [1.82, 2.24) is 4.90 Å². The highest BCUT2D eigenvalue weighted by Gasteiger charge is 2.31. The summed E-state index contributed by atoms with van der Waals surface area (Å²) < 4.78 is 38.7. The van der Waals surface area contributed by atoms with Gasteiger partial charge in [-0.2, -0.15) is 0 Å². The lowest BCUT2D eigenvalue weighted by atomic mass is 10.0. The fourth-order valence-electron chi connectivity index (χ4n) is 2.98. The van der Waals surface area contributed by atoms with Gasteiger partial charge in [-0.3, -0.25) is 14.9 Å². The Kier molecular flexibility index (Phi) is 5.04. The van der Waals surface area contributed by atoms with Gasteiger partial charge in [0.25, 0.3) is 5.91 Å². The highest BCUT2D eigenvalue weighted by atomic mass is 19.1. The SMILES string of the molecule is CN(C)C(=O)c1cc(N)c([N+](=O)[O-])c(O[C@H]2CCOc3cc(F)cc(F)c32)c1. The quantitative estimate of drug-likeness (QED) is 0.486. The molecule has 2 N–H and O–H groups in total. The molecule has 0 saturated carbocycles. The first-order valence-electron chi connectivity index (χ1n) is 8.27. The third-order valence-corrected chi connectivity index (χ3v) is 4.23. The van der Waals surface area contributed by atoms with Gasteiger partial charge < -0.3 is 20.1 Å². The van der Waals surface area contributed by atoms with Gasteiger partial charge in [0.2, 0.25) is 5.75 Å². The van der Waals surface area contributed by atoms with Crippen molar-refractivity contribution in [3.8, 4) is 11.5 Å². The zero-order chi connectivity index (χ0) is 20.6. The van der Waals surface area contributed by atoms with Gasteiger partial charge in [0.1, 0.15) is 29.2 Å². The van der Waals surface area contributed by atoms with E-state index in [0.29, 0.717) is 6.07 Å². The third-order valence-electron chi connectivity index (χ3n) is 4.23. The molecule has 10 heteroatoms. The molecule has 1 aliphatic heterocycles. The number of hydrogen-bond acceptors (Lipinski definition) is 6. The Bertz CT molecular complexity index is 965. The lowest BCUT2D eigenvalue weighted by molar-refractivity contribution is -0.385. The van der Waals surface area contributed by atoms with Crippen LogP contribution in [-0.2, 0) is 0 Å². The van der Waals surface area contributed by atoms with Crippen LogP contribution in [0.4, 0.5) is 20.2 Å². The fourth-order valence-corrected chi connectivity index (χ4v) is 2.98. The standard InChI is InChI=1S/C18H17F2N3O5/c1-22(2)18(24)9-5-12(21)17(23(25)26)15(6-9)28-13-3-4-27-14-8-10(19)7-11(20)16(13)14/h5-8,13H,3-4,21H2,1-2H3/t13-/m0/s1. The van der Waals surface area contributed by atoms with Crippen LogP contribution in [-0.4, -0.2) is 36.4 Å². The third kappa shape index (κ3) is 3.53. The molecule has 2 aromatic rings. The van der Waals surface area contributed by atoms with E-state index < -0.39 is 34.3 Å². The first kappa shape index (κ1) is 19.3. The average Bonchev–Trinajstić information content (AvgIpc) is 2.59. The van der Waals surface area contributed by atoms with Crippen molar-refractivity contribution in [2.24, 2.45) is 0 Å². The Labute approximate surface area is 158 Å². The molecule has 1 atom stereocenters. The van der Waals surface area contributed by atoms with Gasteiger partial charge >= 0.3 is 5.69 Å². The molecule has 0 aromatic heterocycles. The number of anilines is 1. The van der Waals surface area contributed by atoms with Crippen LogP contribution in [0.25, 0.3) is 0 Å². The van der Waals surface area contributed by atoms with Crippen molar-refractivity contribution in [1.29, 1.82) is 0 Å². The largest absolute Gasteiger partial charge is 0.493 e. The number of carbonyl (C=O) groups excluding carboxylic acids is 1. The molecule has 0 unspecified atom stereocenters. The van der Waals surface area contributed by atoms with E-state index in [4.69, 9.17) is 15.2 Å². The number of nitro benzene ring substituents is 1. The van der Waals surface area contributed by atoms with E-state index in [1.54, 1.807) is 0 Å². The molecule has 0 aliphatic carbocycles. The van der Waals surface area contributed by atoms with Crippen molar-refractivity contribution in [3.05, 3.63) is 57.1 Å². The molecular weight excluding hydrogens is 376 g/mol. The Hall–Kier alpha value is -3.43. The van der Waals surface area contributed by atoms with Crippen molar-refractivity contribution in [2.45, 2.75) is 12.5 Å². The Morgan fingerprint density at radius 3 is 2.68 bits per heavy atom. The van der Waals surface area contributed by atoms with Gasteiger partial charge in [-0.15, -0.1) is 0 Å². The monoisotopic (exact) mass is 393 g/mol. The normalized spacial score (nSPS) is 15.4. The number of ether oxygens (including phenoxy) is 2. The Morgan fingerprint density at radius 2 is 2.04 bits per heavy atom. The molecule has 1 heterocycles. The van der Waals surface area contributed by atoms with Crippen LogP contribution in [0.15, 0.2) is 24.3 Å². The molecule has 0 radical (unpaired) electrons. The van der Waals surface area contributed by atoms with Crippen LogP contribution in [0.2, 0.25) is 0 Å². The number of nitrogen functional groups attached to an aromatic ring is 1. The molecule has 28 heavy (non-hydrogen) atoms. The van der Waals surface area contributed by atoms with E-state index >= 15 is 0 Å². The van der Waals surface area contributed by atoms with Gasteiger partial charge in [-0.05, 0) is 6.07 Å². The minimum atomic E-state index is -0.979. The van der Waals surface area contributed by atoms with Crippen molar-refractivity contribution < 1.29 is 28.0 Å². The molecule has 0 fully saturated rings. The predicted octanol–water partition coefficient (Wildman–Crippen LogP) is 3.06. The van der Waals surface area contributed by atoms with E-state index in [9.17, 15) is 23.7 Å². The number of carbonyl (C=O) groups is 1. The minimum absolute atomic E-state index is 0.0371. The molecule has 8 nitrogen and oxygen atoms in total. The molecule has 0 bridgehead atoms. The first-order valence-corrected chi connectivity index (χ1v) is 8.27. The van der Waals surface area contributed by atoms with E-state index in [1.807, 2.05) is 0 Å². The maximum Gasteiger partial charge on any atom is 0.333 e. The fraction of sp³-hybridized carbons (Fsp3) is 0.278. The van der Waals surface area contributed by atoms with Gasteiger partial charge in [-0.25, -0.2) is 8.78 Å². The number of amides is 1. The van der Waals surface area contributed by atoms with E-state index in [-0.39, 0.29) is 41.3 Å². The van der Waals surface area contributed by atoms with Crippen molar-refractivity contribution in [3.63, 3.8) is 0 Å². The summed E-state index contributed by atoms with van der Waals surface area (Å²) in [4.78, 5) is 24.2. The summed E-state index contributed by atoms with van der Waals surface area (Å²) in [6, 6.07) is 4.07. The van der Waals surface area contributed by atoms with Crippen LogP contribution in [0.3, 0.4) is 0 Å². The maximum absolute atomic E-state index is 14.3. The zero-order valence-corrected chi connectivity index (χ0v) is 15.1. The second kappa shape index (κ2) is 7.29. The maximum atomic E-state index is 14.3. The highest BCUT2D eigenvalue weighted by molar-refractivity contribution is 5.96. The number of halogens is 2. The number of hydrogen-bond donors (Lipinski definition) is 1. The predicted molar refractivity (Wildman–Crippen MR) is 95.4 cm³/mol. The van der Waals surface area contributed by atoms with Gasteiger partial charge in [-0.1, -0.05) is 0 Å². The number of nitro groups is 1. The summed E-state index contributed by atoms with van der Waals surface area (Å²) in [5.74, 6) is -2.46. The summed E-state index contributed by atoms with van der Waals surface area (Å²) >= 11 is 0. The van der Waals surface area contributed by atoms with Crippen molar-refractivity contribution >= 4 is 17.3 Å². The molecular formula is C18H17F2N3O5. The number of nitrogens with zero attached hydrogens (tertiary/aromatic N) is 2.